The lowest BCUT2D eigenvalue weighted by Gasteiger charge is -2.21. The molecule has 0 saturated heterocycles. The van der Waals surface area contributed by atoms with Crippen LogP contribution < -0.4 is 16.0 Å². The fraction of sp³-hybridized carbons (Fsp3) is 0.368. The van der Waals surface area contributed by atoms with Gasteiger partial charge in [-0.25, -0.2) is 9.59 Å². The van der Waals surface area contributed by atoms with Gasteiger partial charge < -0.3 is 25.4 Å². The molecular weight excluding hydrogens is 366 g/mol. The van der Waals surface area contributed by atoms with Gasteiger partial charge in [0.05, 0.1) is 37.3 Å². The van der Waals surface area contributed by atoms with Crippen molar-refractivity contribution in [2.75, 3.05) is 26.3 Å². The monoisotopic (exact) mass is 389 g/mol. The maximum absolute atomic E-state index is 11.9. The Labute approximate surface area is 162 Å². The standard InChI is InChI=1S/C19H23N3O6/c1-2-27-18(25)14-11-21-19(26)22-15(14)12-28-17(24)8-9-20-16(23)10-13-6-4-3-5-7-13/h3-7H,2,8-12H2,1H3,(H,20,23)(H2,21,22,26). The predicted octanol–water partition coefficient (Wildman–Crippen LogP) is 0.409. The number of carbonyl (C=O) groups is 4. The van der Waals surface area contributed by atoms with Crippen molar-refractivity contribution < 1.29 is 28.7 Å². The van der Waals surface area contributed by atoms with Crippen molar-refractivity contribution in [1.82, 2.24) is 16.0 Å². The highest BCUT2D eigenvalue weighted by molar-refractivity contribution is 5.93. The Kier molecular flexibility index (Phi) is 8.01. The van der Waals surface area contributed by atoms with E-state index in [1.54, 1.807) is 6.92 Å². The molecule has 3 amide bonds. The molecular formula is C19H23N3O6. The number of carbonyl (C=O) groups excluding carboxylic acids is 4. The molecule has 1 aliphatic rings. The summed E-state index contributed by atoms with van der Waals surface area (Å²) >= 11 is 0. The van der Waals surface area contributed by atoms with Gasteiger partial charge in [0.1, 0.15) is 6.61 Å². The minimum absolute atomic E-state index is 0.00685. The molecule has 0 aliphatic carbocycles. The second-order valence-electron chi connectivity index (χ2n) is 5.91. The van der Waals surface area contributed by atoms with Crippen LogP contribution in [0.4, 0.5) is 4.79 Å². The normalized spacial score (nSPS) is 13.2. The van der Waals surface area contributed by atoms with Gasteiger partial charge in [0.15, 0.2) is 0 Å². The Bertz CT molecular complexity index is 760. The minimum Gasteiger partial charge on any atom is -0.463 e. The third-order valence-electron chi connectivity index (χ3n) is 3.81. The number of hydrogen-bond acceptors (Lipinski definition) is 6. The lowest BCUT2D eigenvalue weighted by atomic mass is 10.1. The first-order valence-electron chi connectivity index (χ1n) is 8.89. The third-order valence-corrected chi connectivity index (χ3v) is 3.81. The van der Waals surface area contributed by atoms with Crippen LogP contribution in [0.2, 0.25) is 0 Å². The van der Waals surface area contributed by atoms with Crippen molar-refractivity contribution in [3.05, 3.63) is 47.2 Å². The largest absolute Gasteiger partial charge is 0.463 e. The molecule has 150 valence electrons. The number of urea groups is 1. The molecule has 0 bridgehead atoms. The molecule has 28 heavy (non-hydrogen) atoms. The molecule has 1 aromatic rings. The smallest absolute Gasteiger partial charge is 0.337 e. The van der Waals surface area contributed by atoms with Gasteiger partial charge in [0, 0.05) is 6.54 Å². The zero-order valence-corrected chi connectivity index (χ0v) is 15.6. The van der Waals surface area contributed by atoms with Crippen LogP contribution in [0.5, 0.6) is 0 Å². The maximum atomic E-state index is 11.9. The number of hydrogen-bond donors (Lipinski definition) is 3. The van der Waals surface area contributed by atoms with E-state index in [4.69, 9.17) is 9.47 Å². The van der Waals surface area contributed by atoms with Gasteiger partial charge in [-0.05, 0) is 12.5 Å². The summed E-state index contributed by atoms with van der Waals surface area (Å²) in [6, 6.07) is 8.75. The van der Waals surface area contributed by atoms with E-state index in [2.05, 4.69) is 16.0 Å². The fourth-order valence-electron chi connectivity index (χ4n) is 2.44. The summed E-state index contributed by atoms with van der Waals surface area (Å²) in [6.45, 7) is 1.71. The fourth-order valence-corrected chi connectivity index (χ4v) is 2.44. The van der Waals surface area contributed by atoms with E-state index >= 15 is 0 Å². The molecule has 2 rings (SSSR count). The zero-order valence-electron chi connectivity index (χ0n) is 15.6. The van der Waals surface area contributed by atoms with E-state index in [9.17, 15) is 19.2 Å². The highest BCUT2D eigenvalue weighted by atomic mass is 16.5. The van der Waals surface area contributed by atoms with Crippen molar-refractivity contribution in [2.24, 2.45) is 0 Å². The van der Waals surface area contributed by atoms with Crippen LogP contribution in [-0.4, -0.2) is 50.2 Å². The van der Waals surface area contributed by atoms with Gasteiger partial charge in [-0.15, -0.1) is 0 Å². The molecule has 0 aromatic heterocycles. The quantitative estimate of drug-likeness (QED) is 0.526. The number of esters is 2. The number of amides is 3. The molecule has 1 heterocycles. The molecule has 9 nitrogen and oxygen atoms in total. The lowest BCUT2D eigenvalue weighted by Crippen LogP contribution is -2.45. The summed E-state index contributed by atoms with van der Waals surface area (Å²) in [5.74, 6) is -1.35. The Balaban J connectivity index is 1.76. The van der Waals surface area contributed by atoms with Gasteiger partial charge in [-0.1, -0.05) is 30.3 Å². The second kappa shape index (κ2) is 10.7. The Morgan fingerprint density at radius 2 is 1.89 bits per heavy atom. The van der Waals surface area contributed by atoms with Crippen LogP contribution >= 0.6 is 0 Å². The van der Waals surface area contributed by atoms with Gasteiger partial charge in [-0.3, -0.25) is 9.59 Å². The van der Waals surface area contributed by atoms with Crippen molar-refractivity contribution >= 4 is 23.9 Å². The van der Waals surface area contributed by atoms with Crippen LogP contribution in [0.1, 0.15) is 18.9 Å². The first-order chi connectivity index (χ1) is 13.5. The molecule has 3 N–H and O–H groups in total. The molecule has 0 spiro atoms. The summed E-state index contributed by atoms with van der Waals surface area (Å²) in [5, 5.41) is 7.55. The van der Waals surface area contributed by atoms with E-state index in [1.165, 1.54) is 0 Å². The highest BCUT2D eigenvalue weighted by Gasteiger charge is 2.24. The maximum Gasteiger partial charge on any atom is 0.337 e. The summed E-state index contributed by atoms with van der Waals surface area (Å²) in [7, 11) is 0. The average Bonchev–Trinajstić information content (AvgIpc) is 2.67. The Morgan fingerprint density at radius 1 is 1.14 bits per heavy atom. The molecule has 1 aromatic carbocycles. The van der Waals surface area contributed by atoms with Gasteiger partial charge in [0.2, 0.25) is 5.91 Å². The predicted molar refractivity (Wildman–Crippen MR) is 98.9 cm³/mol. The first kappa shape index (κ1) is 20.9. The number of rotatable bonds is 9. The van der Waals surface area contributed by atoms with Crippen LogP contribution in [0.15, 0.2) is 41.6 Å². The molecule has 0 unspecified atom stereocenters. The zero-order chi connectivity index (χ0) is 20.4. The van der Waals surface area contributed by atoms with Crippen molar-refractivity contribution in [1.29, 1.82) is 0 Å². The van der Waals surface area contributed by atoms with E-state index in [0.29, 0.717) is 0 Å². The van der Waals surface area contributed by atoms with E-state index in [0.717, 1.165) is 5.56 Å². The molecule has 9 heteroatoms. The first-order valence-corrected chi connectivity index (χ1v) is 8.89. The average molecular weight is 389 g/mol. The molecule has 1 aliphatic heterocycles. The SMILES string of the molecule is CCOC(=O)C1=C(COC(=O)CCNC(=O)Cc2ccccc2)NC(=O)NC1. The minimum atomic E-state index is -0.589. The molecule has 0 fully saturated rings. The Morgan fingerprint density at radius 3 is 2.61 bits per heavy atom. The third kappa shape index (κ3) is 6.75. The van der Waals surface area contributed by atoms with Crippen LogP contribution in [0.3, 0.4) is 0 Å². The van der Waals surface area contributed by atoms with Gasteiger partial charge in [0.25, 0.3) is 0 Å². The van der Waals surface area contributed by atoms with Crippen LogP contribution in [0.25, 0.3) is 0 Å². The summed E-state index contributed by atoms with van der Waals surface area (Å²) < 4.78 is 10.0. The number of nitrogens with one attached hydrogen (secondary N) is 3. The summed E-state index contributed by atoms with van der Waals surface area (Å²) in [5.41, 5.74) is 1.26. The molecule has 0 atom stereocenters. The number of benzene rings is 1. The molecule has 0 radical (unpaired) electrons. The van der Waals surface area contributed by atoms with Crippen molar-refractivity contribution in [3.63, 3.8) is 0 Å². The lowest BCUT2D eigenvalue weighted by molar-refractivity contribution is -0.143. The summed E-state index contributed by atoms with van der Waals surface area (Å²) in [4.78, 5) is 47.0. The second-order valence-corrected chi connectivity index (χ2v) is 5.91. The molecule has 0 saturated carbocycles. The number of ether oxygens (including phenoxy) is 2. The Hall–Kier alpha value is -3.36. The van der Waals surface area contributed by atoms with Crippen molar-refractivity contribution in [2.45, 2.75) is 19.8 Å². The van der Waals surface area contributed by atoms with E-state index < -0.39 is 18.0 Å². The van der Waals surface area contributed by atoms with Crippen LogP contribution in [-0.2, 0) is 30.3 Å². The van der Waals surface area contributed by atoms with Gasteiger partial charge in [-0.2, -0.15) is 0 Å². The van der Waals surface area contributed by atoms with Crippen molar-refractivity contribution in [3.8, 4) is 0 Å². The summed E-state index contributed by atoms with van der Waals surface area (Å²) in [6.07, 6.45) is 0.194. The van der Waals surface area contributed by atoms with Crippen LogP contribution in [0, 0.1) is 0 Å². The van der Waals surface area contributed by atoms with E-state index in [-0.39, 0.29) is 56.3 Å². The van der Waals surface area contributed by atoms with Gasteiger partial charge >= 0.3 is 18.0 Å². The van der Waals surface area contributed by atoms with E-state index in [1.807, 2.05) is 30.3 Å². The highest BCUT2D eigenvalue weighted by Crippen LogP contribution is 2.09. The topological polar surface area (TPSA) is 123 Å².